The van der Waals surface area contributed by atoms with Crippen LogP contribution in [0, 0.1) is 23.4 Å². The van der Waals surface area contributed by atoms with Crippen molar-refractivity contribution < 1.29 is 17.3 Å². The standard InChI is InChI=1S/C21H23F3/c1-2-3-14-4-6-15(7-5-14)16-8-10-17(11-9-16)18-12-19(22)21(24)20(23)13-18/h8-15H,2-7H2,1H3/t14-,15-/i6D,7D2/t6?,14-,15-/m1/s1. The highest BCUT2D eigenvalue weighted by molar-refractivity contribution is 5.64. The Morgan fingerprint density at radius 3 is 2.25 bits per heavy atom. The minimum absolute atomic E-state index is 0.218. The van der Waals surface area contributed by atoms with Gasteiger partial charge in [0.1, 0.15) is 0 Å². The van der Waals surface area contributed by atoms with Crippen LogP contribution in [0.2, 0.25) is 0 Å². The maximum atomic E-state index is 13.5. The molecule has 0 N–H and O–H groups in total. The summed E-state index contributed by atoms with van der Waals surface area (Å²) in [6, 6.07) is 8.58. The number of halogens is 3. The molecular formula is C21H23F3. The van der Waals surface area contributed by atoms with Crippen molar-refractivity contribution >= 4 is 0 Å². The van der Waals surface area contributed by atoms with E-state index in [0.29, 0.717) is 24.0 Å². The van der Waals surface area contributed by atoms with Gasteiger partial charge in [0.2, 0.25) is 0 Å². The molecule has 1 fully saturated rings. The lowest BCUT2D eigenvalue weighted by Gasteiger charge is -2.28. The second-order valence-corrected chi connectivity index (χ2v) is 6.39. The third-order valence-corrected chi connectivity index (χ3v) is 4.62. The number of hydrogen-bond acceptors (Lipinski definition) is 0. The minimum Gasteiger partial charge on any atom is -0.204 e. The first-order chi connectivity index (χ1) is 12.7. The molecule has 3 atom stereocenters. The topological polar surface area (TPSA) is 0 Å². The number of rotatable bonds is 4. The third-order valence-electron chi connectivity index (χ3n) is 4.62. The van der Waals surface area contributed by atoms with Gasteiger partial charge in [-0.15, -0.1) is 0 Å². The molecule has 1 aliphatic rings. The Labute approximate surface area is 145 Å². The average molecular weight is 335 g/mol. The Kier molecular flexibility index (Phi) is 4.18. The summed E-state index contributed by atoms with van der Waals surface area (Å²) in [7, 11) is 0. The monoisotopic (exact) mass is 335 g/mol. The number of benzene rings is 2. The predicted molar refractivity (Wildman–Crippen MR) is 91.4 cm³/mol. The fourth-order valence-electron chi connectivity index (χ4n) is 3.28. The zero-order valence-corrected chi connectivity index (χ0v) is 13.7. The van der Waals surface area contributed by atoms with E-state index in [4.69, 9.17) is 4.11 Å². The number of hydrogen-bond donors (Lipinski definition) is 0. The van der Waals surface area contributed by atoms with Crippen molar-refractivity contribution in [3.63, 3.8) is 0 Å². The van der Waals surface area contributed by atoms with Gasteiger partial charge in [0.05, 0.1) is 0 Å². The van der Waals surface area contributed by atoms with Crippen LogP contribution in [0.5, 0.6) is 0 Å². The van der Waals surface area contributed by atoms with Crippen molar-refractivity contribution in [1.82, 2.24) is 0 Å². The lowest BCUT2D eigenvalue weighted by Crippen LogP contribution is -2.13. The lowest BCUT2D eigenvalue weighted by molar-refractivity contribution is 0.308. The van der Waals surface area contributed by atoms with Gasteiger partial charge < -0.3 is 0 Å². The van der Waals surface area contributed by atoms with Gasteiger partial charge in [0.15, 0.2) is 17.5 Å². The fraction of sp³-hybridized carbons (Fsp3) is 0.429. The molecule has 0 aromatic heterocycles. The van der Waals surface area contributed by atoms with Gasteiger partial charge in [0.25, 0.3) is 0 Å². The average Bonchev–Trinajstić information content (AvgIpc) is 2.59. The minimum atomic E-state index is -1.50. The molecule has 0 heterocycles. The lowest BCUT2D eigenvalue weighted by atomic mass is 9.77. The predicted octanol–water partition coefficient (Wildman–Crippen LogP) is 6.84. The van der Waals surface area contributed by atoms with E-state index >= 15 is 0 Å². The van der Waals surface area contributed by atoms with Crippen LogP contribution in [0.3, 0.4) is 0 Å². The van der Waals surface area contributed by atoms with Crippen molar-refractivity contribution in [3.05, 3.63) is 59.4 Å². The molecule has 0 spiro atoms. The molecule has 128 valence electrons. The quantitative estimate of drug-likeness (QED) is 0.536. The zero-order valence-electron chi connectivity index (χ0n) is 16.7. The summed E-state index contributed by atoms with van der Waals surface area (Å²) in [5.41, 5.74) is 1.44. The highest BCUT2D eigenvalue weighted by Gasteiger charge is 2.21. The van der Waals surface area contributed by atoms with Gasteiger partial charge in [-0.3, -0.25) is 0 Å². The molecule has 0 amide bonds. The van der Waals surface area contributed by atoms with Crippen LogP contribution in [-0.4, -0.2) is 0 Å². The molecule has 0 aliphatic heterocycles. The van der Waals surface area contributed by atoms with Crippen molar-refractivity contribution in [2.75, 3.05) is 0 Å². The first-order valence-corrected chi connectivity index (χ1v) is 8.40. The second kappa shape index (κ2) is 7.42. The van der Waals surface area contributed by atoms with E-state index in [9.17, 15) is 13.2 Å². The maximum absolute atomic E-state index is 13.5. The molecule has 2 aromatic rings. The smallest absolute Gasteiger partial charge is 0.194 e. The van der Waals surface area contributed by atoms with Crippen molar-refractivity contribution in [1.29, 1.82) is 0 Å². The second-order valence-electron chi connectivity index (χ2n) is 6.39. The summed E-state index contributed by atoms with van der Waals surface area (Å²) in [5.74, 6) is -4.30. The molecule has 1 unspecified atom stereocenters. The fourth-order valence-corrected chi connectivity index (χ4v) is 3.28. The Morgan fingerprint density at radius 2 is 1.67 bits per heavy atom. The van der Waals surface area contributed by atoms with E-state index < -0.39 is 36.1 Å². The summed E-state index contributed by atoms with van der Waals surface area (Å²) < 4.78 is 65.4. The first-order valence-electron chi connectivity index (χ1n) is 9.97. The van der Waals surface area contributed by atoms with E-state index in [2.05, 4.69) is 6.92 Å². The van der Waals surface area contributed by atoms with E-state index in [-0.39, 0.29) is 11.5 Å². The molecule has 3 heteroatoms. The van der Waals surface area contributed by atoms with E-state index in [1.165, 1.54) is 0 Å². The van der Waals surface area contributed by atoms with Crippen LogP contribution in [0.15, 0.2) is 36.4 Å². The Hall–Kier alpha value is -1.77. The molecule has 2 aromatic carbocycles. The van der Waals surface area contributed by atoms with Crippen LogP contribution in [0.4, 0.5) is 13.2 Å². The summed E-state index contributed by atoms with van der Waals surface area (Å²) in [6.07, 6.45) is 1.03. The van der Waals surface area contributed by atoms with E-state index in [1.807, 2.05) is 0 Å². The largest absolute Gasteiger partial charge is 0.204 e. The summed E-state index contributed by atoms with van der Waals surface area (Å²) in [5, 5.41) is 0. The van der Waals surface area contributed by atoms with Gasteiger partial charge in [-0.1, -0.05) is 44.0 Å². The van der Waals surface area contributed by atoms with Crippen molar-refractivity contribution in [2.24, 2.45) is 5.92 Å². The Bertz CT molecular complexity index is 782. The van der Waals surface area contributed by atoms with Crippen LogP contribution in [0.25, 0.3) is 11.1 Å². The van der Waals surface area contributed by atoms with Crippen LogP contribution in [-0.2, 0) is 0 Å². The summed E-state index contributed by atoms with van der Waals surface area (Å²) in [4.78, 5) is 0. The first kappa shape index (κ1) is 13.5. The Balaban J connectivity index is 1.87. The van der Waals surface area contributed by atoms with Crippen LogP contribution < -0.4 is 0 Å². The summed E-state index contributed by atoms with van der Waals surface area (Å²) >= 11 is 0. The highest BCUT2D eigenvalue weighted by Crippen LogP contribution is 2.38. The molecule has 3 rings (SSSR count). The molecule has 0 saturated heterocycles. The van der Waals surface area contributed by atoms with E-state index in [1.54, 1.807) is 24.3 Å². The summed E-state index contributed by atoms with van der Waals surface area (Å²) in [6.45, 7) is 2.07. The molecular weight excluding hydrogens is 309 g/mol. The van der Waals surface area contributed by atoms with Crippen molar-refractivity contribution in [2.45, 2.75) is 51.3 Å². The molecule has 0 nitrogen and oxygen atoms in total. The maximum Gasteiger partial charge on any atom is 0.194 e. The third kappa shape index (κ3) is 3.66. The zero-order chi connectivity index (χ0) is 19.8. The van der Waals surface area contributed by atoms with Gasteiger partial charge in [-0.25, -0.2) is 13.2 Å². The highest BCUT2D eigenvalue weighted by atomic mass is 19.2. The molecule has 1 aliphatic carbocycles. The van der Waals surface area contributed by atoms with Gasteiger partial charge in [0, 0.05) is 4.11 Å². The normalized spacial score (nSPS) is 28.0. The van der Waals surface area contributed by atoms with Crippen LogP contribution in [0.1, 0.15) is 61.0 Å². The molecule has 24 heavy (non-hydrogen) atoms. The van der Waals surface area contributed by atoms with Gasteiger partial charge in [-0.05, 0) is 66.3 Å². The van der Waals surface area contributed by atoms with Gasteiger partial charge in [-0.2, -0.15) is 0 Å². The molecule has 1 saturated carbocycles. The van der Waals surface area contributed by atoms with Gasteiger partial charge >= 0.3 is 0 Å². The Morgan fingerprint density at radius 1 is 1.00 bits per heavy atom. The van der Waals surface area contributed by atoms with Crippen LogP contribution >= 0.6 is 0 Å². The van der Waals surface area contributed by atoms with Crippen molar-refractivity contribution in [3.8, 4) is 11.1 Å². The van der Waals surface area contributed by atoms with E-state index in [0.717, 1.165) is 25.0 Å². The molecule has 0 bridgehead atoms. The SMILES string of the molecule is [2H]C1C[C@@H](CCC)CC([2H])([2H])[C@@H]1c1ccc(-c2cc(F)c(F)c(F)c2)cc1. The molecule has 0 radical (unpaired) electrons.